The Bertz CT molecular complexity index is 351. The van der Waals surface area contributed by atoms with Crippen LogP contribution in [-0.2, 0) is 6.54 Å². The highest BCUT2D eigenvalue weighted by atomic mass is 16.5. The lowest BCUT2D eigenvalue weighted by atomic mass is 9.90. The molecule has 1 unspecified atom stereocenters. The summed E-state index contributed by atoms with van der Waals surface area (Å²) in [6.07, 6.45) is 0. The largest absolute Gasteiger partial charge is 0.497 e. The Labute approximate surface area is 90.8 Å². The summed E-state index contributed by atoms with van der Waals surface area (Å²) in [5.41, 5.74) is 8.52. The molecular weight excluding hydrogens is 188 g/mol. The summed E-state index contributed by atoms with van der Waals surface area (Å²) < 4.78 is 5.23. The van der Waals surface area contributed by atoms with Crippen LogP contribution in [0.5, 0.6) is 5.75 Å². The van der Waals surface area contributed by atoms with E-state index in [0.717, 1.165) is 18.8 Å². The zero-order chi connectivity index (χ0) is 10.8. The molecule has 0 aliphatic carbocycles. The van der Waals surface area contributed by atoms with E-state index in [9.17, 15) is 0 Å². The lowest BCUT2D eigenvalue weighted by Crippen LogP contribution is -2.33. The Morgan fingerprint density at radius 2 is 2.33 bits per heavy atom. The Morgan fingerprint density at radius 1 is 1.53 bits per heavy atom. The van der Waals surface area contributed by atoms with Crippen LogP contribution in [-0.4, -0.2) is 32.1 Å². The molecule has 0 fully saturated rings. The monoisotopic (exact) mass is 206 g/mol. The van der Waals surface area contributed by atoms with Gasteiger partial charge in [0.2, 0.25) is 0 Å². The second-order valence-electron chi connectivity index (χ2n) is 4.19. The number of hydrogen-bond donors (Lipinski definition) is 1. The summed E-state index contributed by atoms with van der Waals surface area (Å²) in [5, 5.41) is 0. The van der Waals surface area contributed by atoms with Crippen molar-refractivity contribution in [3.63, 3.8) is 0 Å². The van der Waals surface area contributed by atoms with Crippen LogP contribution >= 0.6 is 0 Å². The third-order valence-electron chi connectivity index (χ3n) is 3.05. The van der Waals surface area contributed by atoms with Crippen molar-refractivity contribution in [2.45, 2.75) is 12.5 Å². The quantitative estimate of drug-likeness (QED) is 0.789. The Morgan fingerprint density at radius 3 is 3.00 bits per heavy atom. The highest BCUT2D eigenvalue weighted by Crippen LogP contribution is 2.29. The highest BCUT2D eigenvalue weighted by molar-refractivity contribution is 5.39. The second-order valence-corrected chi connectivity index (χ2v) is 4.19. The van der Waals surface area contributed by atoms with Gasteiger partial charge < -0.3 is 15.4 Å². The van der Waals surface area contributed by atoms with Crippen molar-refractivity contribution < 1.29 is 4.74 Å². The van der Waals surface area contributed by atoms with Crippen LogP contribution in [0.25, 0.3) is 0 Å². The number of ether oxygens (including phenoxy) is 1. The molecule has 2 rings (SSSR count). The van der Waals surface area contributed by atoms with E-state index in [1.54, 1.807) is 7.11 Å². The molecule has 0 radical (unpaired) electrons. The van der Waals surface area contributed by atoms with Crippen LogP contribution in [0.15, 0.2) is 18.2 Å². The van der Waals surface area contributed by atoms with Gasteiger partial charge in [-0.3, -0.25) is 0 Å². The summed E-state index contributed by atoms with van der Waals surface area (Å²) in [5.74, 6) is 1.39. The molecule has 15 heavy (non-hydrogen) atoms. The third-order valence-corrected chi connectivity index (χ3v) is 3.05. The molecular formula is C12H18N2O. The van der Waals surface area contributed by atoms with Gasteiger partial charge in [-0.1, -0.05) is 6.07 Å². The van der Waals surface area contributed by atoms with E-state index < -0.39 is 0 Å². The van der Waals surface area contributed by atoms with E-state index in [1.165, 1.54) is 11.1 Å². The number of rotatable bonds is 2. The van der Waals surface area contributed by atoms with E-state index in [2.05, 4.69) is 24.1 Å². The molecule has 1 atom stereocenters. The maximum absolute atomic E-state index is 5.79. The molecule has 1 aliphatic rings. The molecule has 2 N–H and O–H groups in total. The fraction of sp³-hybridized carbons (Fsp3) is 0.500. The first-order chi connectivity index (χ1) is 7.24. The zero-order valence-corrected chi connectivity index (χ0v) is 9.36. The number of nitrogens with zero attached hydrogens (tertiary/aromatic N) is 1. The molecule has 0 amide bonds. The van der Waals surface area contributed by atoms with Gasteiger partial charge in [-0.05, 0) is 30.3 Å². The first kappa shape index (κ1) is 10.5. The van der Waals surface area contributed by atoms with Crippen LogP contribution in [0, 0.1) is 0 Å². The molecule has 1 aliphatic heterocycles. The average Bonchev–Trinajstić information content (AvgIpc) is 2.26. The van der Waals surface area contributed by atoms with Crippen LogP contribution in [0.2, 0.25) is 0 Å². The highest BCUT2D eigenvalue weighted by Gasteiger charge is 2.22. The number of hydrogen-bond acceptors (Lipinski definition) is 3. The predicted molar refractivity (Wildman–Crippen MR) is 61.1 cm³/mol. The maximum Gasteiger partial charge on any atom is 0.119 e. The van der Waals surface area contributed by atoms with Gasteiger partial charge in [-0.15, -0.1) is 0 Å². The minimum atomic E-state index is 0.463. The smallest absolute Gasteiger partial charge is 0.119 e. The van der Waals surface area contributed by atoms with E-state index in [4.69, 9.17) is 10.5 Å². The molecule has 1 heterocycles. The summed E-state index contributed by atoms with van der Waals surface area (Å²) in [6, 6.07) is 6.29. The van der Waals surface area contributed by atoms with Crippen molar-refractivity contribution in [3.8, 4) is 5.75 Å². The van der Waals surface area contributed by atoms with Crippen molar-refractivity contribution in [1.82, 2.24) is 4.90 Å². The Balaban J connectivity index is 2.37. The van der Waals surface area contributed by atoms with Gasteiger partial charge in [0.15, 0.2) is 0 Å². The summed E-state index contributed by atoms with van der Waals surface area (Å²) >= 11 is 0. The molecule has 1 aromatic rings. The number of fused-ring (bicyclic) bond motifs is 1. The SMILES string of the molecule is COc1ccc2c(c1)CN(C)CC2CN. The fourth-order valence-corrected chi connectivity index (χ4v) is 2.28. The second kappa shape index (κ2) is 4.21. The number of benzene rings is 1. The van der Waals surface area contributed by atoms with Crippen molar-refractivity contribution >= 4 is 0 Å². The fourth-order valence-electron chi connectivity index (χ4n) is 2.28. The van der Waals surface area contributed by atoms with Gasteiger partial charge in [0.25, 0.3) is 0 Å². The molecule has 1 aromatic carbocycles. The van der Waals surface area contributed by atoms with Crippen molar-refractivity contribution in [2.24, 2.45) is 5.73 Å². The van der Waals surface area contributed by atoms with Gasteiger partial charge in [-0.2, -0.15) is 0 Å². The number of methoxy groups -OCH3 is 1. The van der Waals surface area contributed by atoms with Crippen LogP contribution in [0.4, 0.5) is 0 Å². The number of nitrogens with two attached hydrogens (primary N) is 1. The summed E-state index contributed by atoms with van der Waals surface area (Å²) in [7, 11) is 3.83. The van der Waals surface area contributed by atoms with Gasteiger partial charge >= 0.3 is 0 Å². The molecule has 0 saturated heterocycles. The third kappa shape index (κ3) is 1.98. The minimum Gasteiger partial charge on any atom is -0.497 e. The molecule has 82 valence electrons. The van der Waals surface area contributed by atoms with Gasteiger partial charge in [0.1, 0.15) is 5.75 Å². The van der Waals surface area contributed by atoms with Gasteiger partial charge in [0.05, 0.1) is 7.11 Å². The molecule has 3 heteroatoms. The standard InChI is InChI=1S/C12H18N2O/c1-14-7-9-5-11(15-2)3-4-12(9)10(6-13)8-14/h3-5,10H,6-8,13H2,1-2H3. The minimum absolute atomic E-state index is 0.463. The van der Waals surface area contributed by atoms with E-state index >= 15 is 0 Å². The van der Waals surface area contributed by atoms with Crippen LogP contribution in [0.3, 0.4) is 0 Å². The van der Waals surface area contributed by atoms with Crippen LogP contribution in [0.1, 0.15) is 17.0 Å². The van der Waals surface area contributed by atoms with Crippen LogP contribution < -0.4 is 10.5 Å². The van der Waals surface area contributed by atoms with E-state index in [1.807, 2.05) is 6.07 Å². The molecule has 3 nitrogen and oxygen atoms in total. The molecule has 0 bridgehead atoms. The van der Waals surface area contributed by atoms with Gasteiger partial charge in [-0.25, -0.2) is 0 Å². The lowest BCUT2D eigenvalue weighted by Gasteiger charge is -2.31. The topological polar surface area (TPSA) is 38.5 Å². The normalized spacial score (nSPS) is 21.1. The Kier molecular flexibility index (Phi) is 2.93. The first-order valence-corrected chi connectivity index (χ1v) is 5.30. The maximum atomic E-state index is 5.79. The molecule has 0 saturated carbocycles. The first-order valence-electron chi connectivity index (χ1n) is 5.30. The average molecular weight is 206 g/mol. The summed E-state index contributed by atoms with van der Waals surface area (Å²) in [6.45, 7) is 2.75. The molecule has 0 spiro atoms. The molecule has 0 aromatic heterocycles. The Hall–Kier alpha value is -1.06. The van der Waals surface area contributed by atoms with Crippen molar-refractivity contribution in [2.75, 3.05) is 27.2 Å². The zero-order valence-electron chi connectivity index (χ0n) is 9.36. The van der Waals surface area contributed by atoms with E-state index in [-0.39, 0.29) is 0 Å². The summed E-state index contributed by atoms with van der Waals surface area (Å²) in [4.78, 5) is 2.30. The lowest BCUT2D eigenvalue weighted by molar-refractivity contribution is 0.282. The van der Waals surface area contributed by atoms with Crippen molar-refractivity contribution in [1.29, 1.82) is 0 Å². The van der Waals surface area contributed by atoms with Gasteiger partial charge in [0, 0.05) is 25.6 Å². The predicted octanol–water partition coefficient (Wildman–Crippen LogP) is 1.18. The van der Waals surface area contributed by atoms with E-state index in [0.29, 0.717) is 12.5 Å². The number of likely N-dealkylation sites (N-methyl/N-ethyl adjacent to an activating group) is 1. The van der Waals surface area contributed by atoms with Crippen molar-refractivity contribution in [3.05, 3.63) is 29.3 Å².